The highest BCUT2D eigenvalue weighted by Crippen LogP contribution is 2.36. The second kappa shape index (κ2) is 8.05. The second-order valence-corrected chi connectivity index (χ2v) is 7.45. The number of carbonyl (C=O) groups is 1. The molecule has 2 aliphatic rings. The summed E-state index contributed by atoms with van der Waals surface area (Å²) in [6.07, 6.45) is 10.2. The zero-order valence-electron chi connectivity index (χ0n) is 16.4. The monoisotopic (exact) mass is 378 g/mol. The number of ether oxygens (including phenoxy) is 2. The second-order valence-electron chi connectivity index (χ2n) is 7.45. The molecule has 5 heteroatoms. The molecule has 0 N–H and O–H groups in total. The van der Waals surface area contributed by atoms with Gasteiger partial charge in [0.1, 0.15) is 17.6 Å². The van der Waals surface area contributed by atoms with E-state index in [1.54, 1.807) is 18.5 Å². The predicted octanol–water partition coefficient (Wildman–Crippen LogP) is 4.01. The van der Waals surface area contributed by atoms with Gasteiger partial charge in [-0.05, 0) is 62.6 Å². The maximum absolute atomic E-state index is 12.9. The molecule has 5 nitrogen and oxygen atoms in total. The Bertz CT molecular complexity index is 875. The Balaban J connectivity index is 1.54. The molecule has 0 saturated heterocycles. The largest absolute Gasteiger partial charge is 0.493 e. The van der Waals surface area contributed by atoms with Gasteiger partial charge in [0.05, 0.1) is 6.61 Å². The van der Waals surface area contributed by atoms with Gasteiger partial charge in [0.2, 0.25) is 5.91 Å². The number of hydrogen-bond donors (Lipinski definition) is 0. The number of nitrogens with zero attached hydrogens (tertiary/aromatic N) is 2. The summed E-state index contributed by atoms with van der Waals surface area (Å²) in [7, 11) is 0. The Morgan fingerprint density at radius 3 is 2.82 bits per heavy atom. The van der Waals surface area contributed by atoms with Gasteiger partial charge in [-0.3, -0.25) is 9.78 Å². The Kier molecular flexibility index (Phi) is 5.33. The van der Waals surface area contributed by atoms with E-state index >= 15 is 0 Å². The van der Waals surface area contributed by atoms with Crippen molar-refractivity contribution in [3.05, 3.63) is 59.4 Å². The van der Waals surface area contributed by atoms with Crippen LogP contribution in [0.3, 0.4) is 0 Å². The molecule has 1 aromatic carbocycles. The van der Waals surface area contributed by atoms with Crippen molar-refractivity contribution in [2.45, 2.75) is 51.8 Å². The molecule has 0 radical (unpaired) electrons. The molecule has 0 spiro atoms. The van der Waals surface area contributed by atoms with E-state index in [0.717, 1.165) is 47.5 Å². The van der Waals surface area contributed by atoms with Crippen LogP contribution in [-0.2, 0) is 17.8 Å². The maximum Gasteiger partial charge on any atom is 0.247 e. The van der Waals surface area contributed by atoms with Crippen LogP contribution in [0.1, 0.15) is 43.4 Å². The maximum atomic E-state index is 12.9. The minimum Gasteiger partial charge on any atom is -0.493 e. The highest BCUT2D eigenvalue weighted by atomic mass is 16.5. The molecular formula is C23H26N2O3. The molecule has 1 aliphatic heterocycles. The molecule has 146 valence electrons. The summed E-state index contributed by atoms with van der Waals surface area (Å²) in [5.74, 6) is 1.71. The fraction of sp³-hybridized carbons (Fsp3) is 0.391. The average molecular weight is 378 g/mol. The van der Waals surface area contributed by atoms with Crippen molar-refractivity contribution in [3.63, 3.8) is 0 Å². The molecule has 1 saturated carbocycles. The van der Waals surface area contributed by atoms with Crippen LogP contribution in [0.25, 0.3) is 6.08 Å². The van der Waals surface area contributed by atoms with Crippen molar-refractivity contribution in [1.82, 2.24) is 9.88 Å². The van der Waals surface area contributed by atoms with Gasteiger partial charge in [-0.15, -0.1) is 0 Å². The van der Waals surface area contributed by atoms with E-state index in [1.807, 2.05) is 42.2 Å². The van der Waals surface area contributed by atoms with E-state index in [1.165, 1.54) is 0 Å². The smallest absolute Gasteiger partial charge is 0.247 e. The molecule has 1 amide bonds. The third-order valence-corrected chi connectivity index (χ3v) is 5.11. The fourth-order valence-electron chi connectivity index (χ4n) is 3.58. The quantitative estimate of drug-likeness (QED) is 0.683. The lowest BCUT2D eigenvalue weighted by Crippen LogP contribution is -2.31. The first-order valence-corrected chi connectivity index (χ1v) is 9.98. The highest BCUT2D eigenvalue weighted by molar-refractivity contribution is 5.92. The molecule has 1 aliphatic carbocycles. The van der Waals surface area contributed by atoms with Crippen molar-refractivity contribution in [1.29, 1.82) is 0 Å². The lowest BCUT2D eigenvalue weighted by Gasteiger charge is -2.21. The Morgan fingerprint density at radius 2 is 2.11 bits per heavy atom. The van der Waals surface area contributed by atoms with Crippen LogP contribution in [0.2, 0.25) is 0 Å². The summed E-state index contributed by atoms with van der Waals surface area (Å²) in [5.41, 5.74) is 3.14. The Labute approximate surface area is 166 Å². The number of aromatic nitrogens is 1. The zero-order valence-corrected chi connectivity index (χ0v) is 16.4. The lowest BCUT2D eigenvalue weighted by molar-refractivity contribution is -0.127. The minimum atomic E-state index is 0.0246. The van der Waals surface area contributed by atoms with Gasteiger partial charge >= 0.3 is 0 Å². The van der Waals surface area contributed by atoms with Gasteiger partial charge < -0.3 is 14.4 Å². The van der Waals surface area contributed by atoms with Gasteiger partial charge in [0.25, 0.3) is 0 Å². The van der Waals surface area contributed by atoms with Gasteiger partial charge in [0.15, 0.2) is 0 Å². The molecule has 28 heavy (non-hydrogen) atoms. The van der Waals surface area contributed by atoms with Crippen molar-refractivity contribution in [3.8, 4) is 11.5 Å². The summed E-state index contributed by atoms with van der Waals surface area (Å²) in [6, 6.07) is 8.28. The topological polar surface area (TPSA) is 51.7 Å². The van der Waals surface area contributed by atoms with E-state index in [-0.39, 0.29) is 12.0 Å². The van der Waals surface area contributed by atoms with Crippen molar-refractivity contribution < 1.29 is 14.3 Å². The molecule has 1 unspecified atom stereocenters. The van der Waals surface area contributed by atoms with E-state index in [9.17, 15) is 4.79 Å². The standard InChI is InChI=1S/C23H26N2O3/c1-3-27-21-14-19-12-16(2)28-22(19)13-18(21)4-7-23(26)25(20-5-6-20)15-17-8-10-24-11-9-17/h4,7-11,13-14,16,20H,3,5-6,12,15H2,1-2H3/b7-4+. The van der Waals surface area contributed by atoms with E-state index in [2.05, 4.69) is 11.9 Å². The number of carbonyl (C=O) groups excluding carboxylic acids is 1. The summed E-state index contributed by atoms with van der Waals surface area (Å²) in [4.78, 5) is 18.9. The molecule has 4 rings (SSSR count). The summed E-state index contributed by atoms with van der Waals surface area (Å²) in [5, 5.41) is 0. The van der Waals surface area contributed by atoms with Gasteiger partial charge in [-0.1, -0.05) is 0 Å². The molecule has 2 aromatic rings. The number of fused-ring (bicyclic) bond motifs is 1. The van der Waals surface area contributed by atoms with Gasteiger partial charge in [-0.25, -0.2) is 0 Å². The van der Waals surface area contributed by atoms with Crippen LogP contribution in [-0.4, -0.2) is 34.5 Å². The summed E-state index contributed by atoms with van der Waals surface area (Å²) in [6.45, 7) is 5.22. The van der Waals surface area contributed by atoms with Crippen LogP contribution in [0, 0.1) is 0 Å². The van der Waals surface area contributed by atoms with E-state index < -0.39 is 0 Å². The average Bonchev–Trinajstić information content (AvgIpc) is 3.46. The van der Waals surface area contributed by atoms with Crippen molar-refractivity contribution in [2.24, 2.45) is 0 Å². The summed E-state index contributed by atoms with van der Waals surface area (Å²) >= 11 is 0. The molecule has 2 heterocycles. The zero-order chi connectivity index (χ0) is 19.5. The fourth-order valence-corrected chi connectivity index (χ4v) is 3.58. The Hall–Kier alpha value is -2.82. The number of pyridine rings is 1. The predicted molar refractivity (Wildman–Crippen MR) is 108 cm³/mol. The van der Waals surface area contributed by atoms with Crippen LogP contribution in [0.5, 0.6) is 11.5 Å². The first kappa shape index (κ1) is 18.5. The van der Waals surface area contributed by atoms with Crippen molar-refractivity contribution in [2.75, 3.05) is 6.61 Å². The first-order chi connectivity index (χ1) is 13.6. The first-order valence-electron chi connectivity index (χ1n) is 9.98. The van der Waals surface area contributed by atoms with E-state index in [4.69, 9.17) is 9.47 Å². The third kappa shape index (κ3) is 4.19. The Morgan fingerprint density at radius 1 is 1.32 bits per heavy atom. The number of rotatable bonds is 7. The van der Waals surface area contributed by atoms with Gasteiger partial charge in [0, 0.05) is 48.6 Å². The lowest BCUT2D eigenvalue weighted by atomic mass is 10.1. The van der Waals surface area contributed by atoms with Gasteiger partial charge in [-0.2, -0.15) is 0 Å². The minimum absolute atomic E-state index is 0.0246. The summed E-state index contributed by atoms with van der Waals surface area (Å²) < 4.78 is 11.7. The van der Waals surface area contributed by atoms with Crippen molar-refractivity contribution >= 4 is 12.0 Å². The normalized spacial score (nSPS) is 18.0. The van der Waals surface area contributed by atoms with Crippen LogP contribution < -0.4 is 9.47 Å². The van der Waals surface area contributed by atoms with Crippen LogP contribution in [0.15, 0.2) is 42.7 Å². The molecule has 0 bridgehead atoms. The van der Waals surface area contributed by atoms with Crippen LogP contribution in [0.4, 0.5) is 0 Å². The SMILES string of the molecule is CCOc1cc2c(cc1/C=C/C(=O)N(Cc1ccncc1)C1CC1)OC(C)C2. The van der Waals surface area contributed by atoms with E-state index in [0.29, 0.717) is 19.2 Å². The number of benzene rings is 1. The highest BCUT2D eigenvalue weighted by Gasteiger charge is 2.31. The number of hydrogen-bond acceptors (Lipinski definition) is 4. The third-order valence-electron chi connectivity index (χ3n) is 5.11. The van der Waals surface area contributed by atoms with Crippen LogP contribution >= 0.6 is 0 Å². The molecule has 1 fully saturated rings. The molecular weight excluding hydrogens is 352 g/mol. The molecule has 1 atom stereocenters. The number of amides is 1. The molecule has 1 aromatic heterocycles.